The summed E-state index contributed by atoms with van der Waals surface area (Å²) in [5.74, 6) is 0.348. The highest BCUT2D eigenvalue weighted by Crippen LogP contribution is 2.56. The molecule has 6 heteroatoms. The number of ketones is 1. The van der Waals surface area contributed by atoms with Gasteiger partial charge in [0.25, 0.3) is 0 Å². The summed E-state index contributed by atoms with van der Waals surface area (Å²) in [4.78, 5) is 13.3. The Labute approximate surface area is 165 Å². The molecule has 6 nitrogen and oxygen atoms in total. The third kappa shape index (κ3) is 2.74. The van der Waals surface area contributed by atoms with Crippen molar-refractivity contribution in [3.05, 3.63) is 42.0 Å². The molecule has 0 spiro atoms. The third-order valence-electron chi connectivity index (χ3n) is 6.20. The predicted molar refractivity (Wildman–Crippen MR) is 105 cm³/mol. The Morgan fingerprint density at radius 2 is 1.71 bits per heavy atom. The largest absolute Gasteiger partial charge is 0.493 e. The summed E-state index contributed by atoms with van der Waals surface area (Å²) in [5, 5.41) is 11.0. The fraction of sp³-hybridized carbons (Fsp3) is 0.500. The average molecular weight is 388 g/mol. The van der Waals surface area contributed by atoms with E-state index < -0.39 is 17.6 Å². The van der Waals surface area contributed by atoms with Crippen molar-refractivity contribution in [1.29, 1.82) is 0 Å². The molecule has 0 aromatic heterocycles. The Kier molecular flexibility index (Phi) is 5.55. The number of aliphatic hydroxyl groups excluding tert-OH is 1. The van der Waals surface area contributed by atoms with Crippen LogP contribution in [0.3, 0.4) is 0 Å². The quantitative estimate of drug-likeness (QED) is 0.724. The van der Waals surface area contributed by atoms with Gasteiger partial charge < -0.3 is 24.1 Å². The van der Waals surface area contributed by atoms with E-state index in [4.69, 9.17) is 18.9 Å². The van der Waals surface area contributed by atoms with E-state index in [1.54, 1.807) is 40.6 Å². The first-order chi connectivity index (χ1) is 13.4. The Morgan fingerprint density at radius 1 is 1.11 bits per heavy atom. The maximum Gasteiger partial charge on any atom is 0.203 e. The first-order valence-corrected chi connectivity index (χ1v) is 9.30. The van der Waals surface area contributed by atoms with Crippen LogP contribution in [0.15, 0.2) is 36.4 Å². The third-order valence-corrected chi connectivity index (χ3v) is 6.20. The zero-order chi connectivity index (χ0) is 20.6. The summed E-state index contributed by atoms with van der Waals surface area (Å²) in [6, 6.07) is 3.69. The summed E-state index contributed by atoms with van der Waals surface area (Å²) >= 11 is 0. The SMILES string of the molecule is C=CCC1=C[C@]2(OC)C(=O)[C@H]([C@@H](c3cc(OC)c(OC)c(OC)c3)[C@@H]2C)[C@H]1O. The topological polar surface area (TPSA) is 74.2 Å². The molecule has 1 N–H and O–H groups in total. The van der Waals surface area contributed by atoms with Gasteiger partial charge >= 0.3 is 0 Å². The Morgan fingerprint density at radius 3 is 2.18 bits per heavy atom. The highest BCUT2D eigenvalue weighted by Gasteiger charge is 2.63. The van der Waals surface area contributed by atoms with Crippen molar-refractivity contribution >= 4 is 5.78 Å². The number of benzene rings is 1. The standard InChI is InChI=1S/C22H28O6/c1-7-8-13-11-22(28-6)12(2)17(18(19(13)23)21(22)24)14-9-15(25-3)20(27-5)16(10-14)26-4/h7,9-12,17-19,23H,1,8H2,2-6H3/t12-,17+,18+,19-,22+/m0/s1. The molecular formula is C22H28O6. The predicted octanol–water partition coefficient (Wildman–Crippen LogP) is 2.89. The van der Waals surface area contributed by atoms with Gasteiger partial charge in [-0.2, -0.15) is 0 Å². The minimum Gasteiger partial charge on any atom is -0.493 e. The molecule has 1 aromatic carbocycles. The van der Waals surface area contributed by atoms with E-state index in [0.717, 1.165) is 11.1 Å². The lowest BCUT2D eigenvalue weighted by molar-refractivity contribution is -0.140. The molecule has 0 saturated heterocycles. The minimum atomic E-state index is -1.06. The summed E-state index contributed by atoms with van der Waals surface area (Å²) in [5.41, 5.74) is 0.544. The summed E-state index contributed by atoms with van der Waals surface area (Å²) in [7, 11) is 6.20. The molecule has 2 aliphatic carbocycles. The molecule has 0 heterocycles. The van der Waals surface area contributed by atoms with Crippen LogP contribution in [-0.4, -0.2) is 51.0 Å². The van der Waals surface area contributed by atoms with E-state index in [-0.39, 0.29) is 17.6 Å². The number of hydrogen-bond donors (Lipinski definition) is 1. The van der Waals surface area contributed by atoms with Crippen molar-refractivity contribution in [2.24, 2.45) is 11.8 Å². The second-order valence-corrected chi connectivity index (χ2v) is 7.32. The van der Waals surface area contributed by atoms with E-state index >= 15 is 0 Å². The number of carbonyl (C=O) groups is 1. The van der Waals surface area contributed by atoms with Gasteiger partial charge in [0.05, 0.1) is 33.4 Å². The van der Waals surface area contributed by atoms with Crippen LogP contribution in [0.25, 0.3) is 0 Å². The van der Waals surface area contributed by atoms with Gasteiger partial charge in [0.2, 0.25) is 5.75 Å². The molecule has 2 bridgehead atoms. The molecule has 28 heavy (non-hydrogen) atoms. The van der Waals surface area contributed by atoms with Gasteiger partial charge in [0, 0.05) is 18.9 Å². The maximum atomic E-state index is 13.3. The Hall–Kier alpha value is -2.31. The molecule has 1 aromatic rings. The van der Waals surface area contributed by atoms with Crippen molar-refractivity contribution in [3.8, 4) is 17.2 Å². The summed E-state index contributed by atoms with van der Waals surface area (Å²) in [6.07, 6.45) is 3.14. The second kappa shape index (κ2) is 7.60. The van der Waals surface area contributed by atoms with Gasteiger partial charge in [-0.25, -0.2) is 0 Å². The Bertz CT molecular complexity index is 788. The van der Waals surface area contributed by atoms with Gasteiger partial charge in [-0.05, 0) is 35.8 Å². The van der Waals surface area contributed by atoms with E-state index in [9.17, 15) is 9.90 Å². The summed E-state index contributed by atoms with van der Waals surface area (Å²) in [6.45, 7) is 5.74. The highest BCUT2D eigenvalue weighted by molar-refractivity contribution is 5.98. The number of ether oxygens (including phenoxy) is 4. The van der Waals surface area contributed by atoms with Gasteiger partial charge in [-0.3, -0.25) is 4.79 Å². The minimum absolute atomic E-state index is 0.0958. The lowest BCUT2D eigenvalue weighted by atomic mass is 9.78. The van der Waals surface area contributed by atoms with Gasteiger partial charge in [-0.1, -0.05) is 13.0 Å². The van der Waals surface area contributed by atoms with E-state index in [1.165, 1.54) is 0 Å². The maximum absolute atomic E-state index is 13.3. The van der Waals surface area contributed by atoms with Crippen LogP contribution < -0.4 is 14.2 Å². The molecule has 5 atom stereocenters. The van der Waals surface area contributed by atoms with E-state index in [1.807, 2.05) is 19.1 Å². The lowest BCUT2D eigenvalue weighted by Gasteiger charge is -2.33. The van der Waals surface area contributed by atoms with Crippen LogP contribution in [0.1, 0.15) is 24.8 Å². The fourth-order valence-electron chi connectivity index (χ4n) is 4.84. The van der Waals surface area contributed by atoms with Gasteiger partial charge in [-0.15, -0.1) is 6.58 Å². The van der Waals surface area contributed by atoms with Crippen LogP contribution in [0.5, 0.6) is 17.2 Å². The van der Waals surface area contributed by atoms with Crippen molar-refractivity contribution in [2.45, 2.75) is 31.0 Å². The number of fused-ring (bicyclic) bond motifs is 2. The zero-order valence-electron chi connectivity index (χ0n) is 17.0. The molecule has 0 unspecified atom stereocenters. The van der Waals surface area contributed by atoms with E-state index in [0.29, 0.717) is 23.7 Å². The number of hydrogen-bond acceptors (Lipinski definition) is 6. The first-order valence-electron chi connectivity index (χ1n) is 9.30. The van der Waals surface area contributed by atoms with Crippen molar-refractivity contribution in [2.75, 3.05) is 28.4 Å². The zero-order valence-corrected chi connectivity index (χ0v) is 17.0. The second-order valence-electron chi connectivity index (χ2n) is 7.32. The highest BCUT2D eigenvalue weighted by atomic mass is 16.5. The molecule has 1 fully saturated rings. The molecule has 152 valence electrons. The molecule has 0 radical (unpaired) electrons. The number of Topliss-reactive ketones (excluding diaryl/α,β-unsaturated/α-hetero) is 1. The van der Waals surface area contributed by atoms with Crippen LogP contribution in [0, 0.1) is 11.8 Å². The van der Waals surface area contributed by atoms with Crippen molar-refractivity contribution < 1.29 is 28.8 Å². The molecule has 0 amide bonds. The summed E-state index contributed by atoms with van der Waals surface area (Å²) < 4.78 is 22.1. The number of rotatable bonds is 7. The smallest absolute Gasteiger partial charge is 0.203 e. The molecule has 2 aliphatic rings. The number of aliphatic hydroxyl groups is 1. The molecule has 0 aliphatic heterocycles. The van der Waals surface area contributed by atoms with Crippen LogP contribution >= 0.6 is 0 Å². The van der Waals surface area contributed by atoms with E-state index in [2.05, 4.69) is 6.58 Å². The first kappa shape index (κ1) is 20.4. The van der Waals surface area contributed by atoms with Crippen molar-refractivity contribution in [3.63, 3.8) is 0 Å². The number of allylic oxidation sites excluding steroid dienone is 1. The van der Waals surface area contributed by atoms with Crippen molar-refractivity contribution in [1.82, 2.24) is 0 Å². The van der Waals surface area contributed by atoms with Crippen LogP contribution in [-0.2, 0) is 9.53 Å². The average Bonchev–Trinajstić information content (AvgIpc) is 2.86. The monoisotopic (exact) mass is 388 g/mol. The molecular weight excluding hydrogens is 360 g/mol. The lowest BCUT2D eigenvalue weighted by Crippen LogP contribution is -2.46. The Balaban J connectivity index is 2.17. The molecule has 1 saturated carbocycles. The number of methoxy groups -OCH3 is 4. The normalized spacial score (nSPS) is 31.4. The van der Waals surface area contributed by atoms with Gasteiger partial charge in [0.1, 0.15) is 5.60 Å². The van der Waals surface area contributed by atoms with Gasteiger partial charge in [0.15, 0.2) is 17.3 Å². The fourth-order valence-corrected chi connectivity index (χ4v) is 4.84. The number of carbonyl (C=O) groups excluding carboxylic acids is 1. The van der Waals surface area contributed by atoms with Crippen LogP contribution in [0.2, 0.25) is 0 Å². The molecule has 3 rings (SSSR count). The van der Waals surface area contributed by atoms with Crippen LogP contribution in [0.4, 0.5) is 0 Å².